The van der Waals surface area contributed by atoms with Crippen LogP contribution in [0, 0.1) is 0 Å². The fourth-order valence-corrected chi connectivity index (χ4v) is 2.64. The zero-order chi connectivity index (χ0) is 13.9. The van der Waals surface area contributed by atoms with E-state index < -0.39 is 5.24 Å². The van der Waals surface area contributed by atoms with Crippen LogP contribution < -0.4 is 0 Å². The van der Waals surface area contributed by atoms with E-state index in [4.69, 9.17) is 11.6 Å². The zero-order valence-corrected chi connectivity index (χ0v) is 11.9. The normalized spacial score (nSPS) is 11.2. The molecule has 0 radical (unpaired) electrons. The zero-order valence-electron chi connectivity index (χ0n) is 10.3. The molecule has 1 aromatic carbocycles. The van der Waals surface area contributed by atoms with Crippen LogP contribution in [0.4, 0.5) is 0 Å². The lowest BCUT2D eigenvalue weighted by Gasteiger charge is -1.97. The molecule has 0 bridgehead atoms. The summed E-state index contributed by atoms with van der Waals surface area (Å²) in [5.41, 5.74) is 2.07. The van der Waals surface area contributed by atoms with E-state index in [-0.39, 0.29) is 5.69 Å². The van der Waals surface area contributed by atoms with Gasteiger partial charge in [-0.15, -0.1) is 11.3 Å². The van der Waals surface area contributed by atoms with E-state index in [1.54, 1.807) is 5.38 Å². The van der Waals surface area contributed by atoms with Crippen molar-refractivity contribution in [1.29, 1.82) is 0 Å². The minimum atomic E-state index is -0.537. The molecule has 2 aromatic heterocycles. The summed E-state index contributed by atoms with van der Waals surface area (Å²) in [7, 11) is 0. The van der Waals surface area contributed by atoms with Crippen molar-refractivity contribution < 1.29 is 4.79 Å². The maximum atomic E-state index is 11.0. The maximum absolute atomic E-state index is 11.0. The molecular formula is C15H9ClN2OS. The minimum Gasteiger partial charge on any atom is -0.274 e. The number of nitrogens with zero attached hydrogens (tertiary/aromatic N) is 2. The first kappa shape index (κ1) is 13.0. The van der Waals surface area contributed by atoms with Gasteiger partial charge in [-0.05, 0) is 35.9 Å². The van der Waals surface area contributed by atoms with Gasteiger partial charge in [-0.3, -0.25) is 4.79 Å². The summed E-state index contributed by atoms with van der Waals surface area (Å²) in [4.78, 5) is 19.6. The number of carbonyl (C=O) groups excluding carboxylic acids is 1. The van der Waals surface area contributed by atoms with Gasteiger partial charge in [0.2, 0.25) is 0 Å². The number of hydrogen-bond donors (Lipinski definition) is 0. The van der Waals surface area contributed by atoms with Crippen molar-refractivity contribution in [1.82, 2.24) is 9.97 Å². The number of carbonyl (C=O) groups is 1. The lowest BCUT2D eigenvalue weighted by Crippen LogP contribution is -1.87. The molecule has 0 aliphatic heterocycles. The highest BCUT2D eigenvalue weighted by Gasteiger charge is 2.05. The SMILES string of the molecule is O=C(Cl)c1csc(/C=C/c2ccc3ccccc3n2)n1. The highest BCUT2D eigenvalue weighted by molar-refractivity contribution is 7.11. The third-order valence-electron chi connectivity index (χ3n) is 2.74. The quantitative estimate of drug-likeness (QED) is 0.679. The van der Waals surface area contributed by atoms with Gasteiger partial charge in [0.15, 0.2) is 0 Å². The van der Waals surface area contributed by atoms with E-state index in [0.717, 1.165) is 21.6 Å². The summed E-state index contributed by atoms with van der Waals surface area (Å²) in [6.45, 7) is 0. The Labute approximate surface area is 124 Å². The Bertz CT molecular complexity index is 810. The molecule has 5 heteroatoms. The van der Waals surface area contributed by atoms with E-state index in [0.29, 0.717) is 0 Å². The number of benzene rings is 1. The van der Waals surface area contributed by atoms with Crippen LogP contribution in [0.1, 0.15) is 21.2 Å². The lowest BCUT2D eigenvalue weighted by atomic mass is 10.2. The summed E-state index contributed by atoms with van der Waals surface area (Å²) in [5.74, 6) is 0. The number of fused-ring (bicyclic) bond motifs is 1. The summed E-state index contributed by atoms with van der Waals surface area (Å²) in [6.07, 6.45) is 3.69. The Morgan fingerprint density at radius 3 is 2.75 bits per heavy atom. The molecule has 0 saturated heterocycles. The van der Waals surface area contributed by atoms with Gasteiger partial charge in [0.25, 0.3) is 5.24 Å². The third kappa shape index (κ3) is 2.76. The van der Waals surface area contributed by atoms with Crippen molar-refractivity contribution in [3.8, 4) is 0 Å². The summed E-state index contributed by atoms with van der Waals surface area (Å²) in [5, 5.41) is 2.94. The number of hydrogen-bond acceptors (Lipinski definition) is 4. The molecule has 3 rings (SSSR count). The molecule has 2 heterocycles. The number of pyridine rings is 1. The highest BCUT2D eigenvalue weighted by atomic mass is 35.5. The van der Waals surface area contributed by atoms with Crippen molar-refractivity contribution in [3.05, 3.63) is 58.2 Å². The molecule has 0 fully saturated rings. The fraction of sp³-hybridized carbons (Fsp3) is 0. The van der Waals surface area contributed by atoms with Crippen LogP contribution in [0.15, 0.2) is 41.8 Å². The van der Waals surface area contributed by atoms with Crippen molar-refractivity contribution in [2.24, 2.45) is 0 Å². The van der Waals surface area contributed by atoms with E-state index in [2.05, 4.69) is 9.97 Å². The van der Waals surface area contributed by atoms with Crippen molar-refractivity contribution in [2.45, 2.75) is 0 Å². The van der Waals surface area contributed by atoms with E-state index in [1.165, 1.54) is 11.3 Å². The number of halogens is 1. The van der Waals surface area contributed by atoms with Gasteiger partial charge in [-0.1, -0.05) is 24.3 Å². The predicted molar refractivity (Wildman–Crippen MR) is 83.0 cm³/mol. The smallest absolute Gasteiger partial charge is 0.271 e. The maximum Gasteiger partial charge on any atom is 0.271 e. The van der Waals surface area contributed by atoms with Gasteiger partial charge >= 0.3 is 0 Å². The first-order valence-corrected chi connectivity index (χ1v) is 7.17. The van der Waals surface area contributed by atoms with Gasteiger partial charge in [-0.25, -0.2) is 9.97 Å². The van der Waals surface area contributed by atoms with Crippen LogP contribution in [0.25, 0.3) is 23.1 Å². The monoisotopic (exact) mass is 300 g/mol. The Morgan fingerprint density at radius 2 is 1.95 bits per heavy atom. The second-order valence-electron chi connectivity index (χ2n) is 4.11. The molecule has 0 amide bonds. The Morgan fingerprint density at radius 1 is 1.10 bits per heavy atom. The van der Waals surface area contributed by atoms with Crippen LogP contribution in [0.2, 0.25) is 0 Å². The highest BCUT2D eigenvalue weighted by Crippen LogP contribution is 2.16. The van der Waals surface area contributed by atoms with Crippen molar-refractivity contribution >= 4 is 51.2 Å². The van der Waals surface area contributed by atoms with Crippen LogP contribution in [0.3, 0.4) is 0 Å². The molecule has 0 atom stereocenters. The summed E-state index contributed by atoms with van der Waals surface area (Å²) < 4.78 is 0. The number of aromatic nitrogens is 2. The van der Waals surface area contributed by atoms with Gasteiger partial charge in [0, 0.05) is 10.8 Å². The van der Waals surface area contributed by atoms with Crippen LogP contribution in [0.5, 0.6) is 0 Å². The summed E-state index contributed by atoms with van der Waals surface area (Å²) >= 11 is 6.74. The average Bonchev–Trinajstić information content (AvgIpc) is 2.94. The minimum absolute atomic E-state index is 0.280. The van der Waals surface area contributed by atoms with Gasteiger partial charge in [0.1, 0.15) is 10.7 Å². The van der Waals surface area contributed by atoms with E-state index >= 15 is 0 Å². The van der Waals surface area contributed by atoms with Gasteiger partial charge in [-0.2, -0.15) is 0 Å². The van der Waals surface area contributed by atoms with Crippen LogP contribution in [-0.4, -0.2) is 15.2 Å². The number of para-hydroxylation sites is 1. The second kappa shape index (κ2) is 5.53. The predicted octanol–water partition coefficient (Wildman–Crippen LogP) is 4.24. The largest absolute Gasteiger partial charge is 0.274 e. The molecule has 3 aromatic rings. The van der Waals surface area contributed by atoms with Crippen LogP contribution >= 0.6 is 22.9 Å². The van der Waals surface area contributed by atoms with Crippen molar-refractivity contribution in [2.75, 3.05) is 0 Å². The van der Waals surface area contributed by atoms with Gasteiger partial charge < -0.3 is 0 Å². The van der Waals surface area contributed by atoms with Gasteiger partial charge in [0.05, 0.1) is 11.2 Å². The molecule has 0 aliphatic rings. The number of rotatable bonds is 3. The molecule has 0 saturated carbocycles. The molecule has 98 valence electrons. The molecule has 3 nitrogen and oxygen atoms in total. The third-order valence-corrected chi connectivity index (χ3v) is 3.74. The Kier molecular flexibility index (Phi) is 3.58. The van der Waals surface area contributed by atoms with E-state index in [9.17, 15) is 4.79 Å². The Balaban J connectivity index is 1.87. The second-order valence-corrected chi connectivity index (χ2v) is 5.34. The standard InChI is InChI=1S/C15H9ClN2OS/c16-15(19)13-9-20-14(18-13)8-7-11-6-5-10-3-1-2-4-12(10)17-11/h1-9H/b8-7+. The molecular weight excluding hydrogens is 292 g/mol. The molecule has 20 heavy (non-hydrogen) atoms. The molecule has 0 N–H and O–H groups in total. The topological polar surface area (TPSA) is 42.9 Å². The average molecular weight is 301 g/mol. The van der Waals surface area contributed by atoms with Crippen molar-refractivity contribution in [3.63, 3.8) is 0 Å². The van der Waals surface area contributed by atoms with Crippen LogP contribution in [-0.2, 0) is 0 Å². The lowest BCUT2D eigenvalue weighted by molar-refractivity contribution is 0.107. The van der Waals surface area contributed by atoms with E-state index in [1.807, 2.05) is 48.6 Å². The molecule has 0 aliphatic carbocycles. The number of thiazole rings is 1. The fourth-order valence-electron chi connectivity index (χ4n) is 1.79. The molecule has 0 unspecified atom stereocenters. The first-order valence-electron chi connectivity index (χ1n) is 5.91. The summed E-state index contributed by atoms with van der Waals surface area (Å²) in [6, 6.07) is 11.9. The molecule has 0 spiro atoms. The Hall–Kier alpha value is -2.04. The first-order chi connectivity index (χ1) is 9.72.